The molecule has 0 aliphatic rings. The van der Waals surface area contributed by atoms with Gasteiger partial charge in [-0.05, 0) is 0 Å². The quantitative estimate of drug-likeness (QED) is 0.530. The van der Waals surface area contributed by atoms with Gasteiger partial charge in [-0.3, -0.25) is 4.57 Å². The zero-order valence-corrected chi connectivity index (χ0v) is 11.6. The van der Waals surface area contributed by atoms with Crippen LogP contribution < -0.4 is 19.6 Å². The van der Waals surface area contributed by atoms with Crippen LogP contribution >= 0.6 is 15.4 Å². The van der Waals surface area contributed by atoms with Gasteiger partial charge in [0.2, 0.25) is 0 Å². The topological polar surface area (TPSA) is 173 Å². The summed E-state index contributed by atoms with van der Waals surface area (Å²) in [5.41, 5.74) is 0. The van der Waals surface area contributed by atoms with Gasteiger partial charge in [0.05, 0.1) is 0 Å². The number of phosphoric acid groups is 1. The summed E-state index contributed by atoms with van der Waals surface area (Å²) in [4.78, 5) is 45.5. The van der Waals surface area contributed by atoms with E-state index in [1.54, 1.807) is 0 Å². The maximum Gasteiger partial charge on any atom is 4.00 e. The Bertz CT molecular complexity index is 262. The van der Waals surface area contributed by atoms with Crippen molar-refractivity contribution in [3.05, 3.63) is 0 Å². The summed E-state index contributed by atoms with van der Waals surface area (Å²) >= 11 is 0. The van der Waals surface area contributed by atoms with Gasteiger partial charge in [0.15, 0.2) is 7.60 Å². The Morgan fingerprint density at radius 3 is 1.60 bits per heavy atom. The molecule has 0 amide bonds. The smallest absolute Gasteiger partial charge is 0.822 e. The van der Waals surface area contributed by atoms with Crippen LogP contribution in [0.5, 0.6) is 0 Å². The summed E-state index contributed by atoms with van der Waals surface area (Å²) in [6.07, 6.45) is -2.09. The van der Waals surface area contributed by atoms with Crippen molar-refractivity contribution in [2.45, 2.75) is 6.92 Å². The van der Waals surface area contributed by atoms with Crippen molar-refractivity contribution in [3.8, 4) is 0 Å². The van der Waals surface area contributed by atoms with E-state index < -0.39 is 21.6 Å². The monoisotopic (exact) mass is 338 g/mol. The van der Waals surface area contributed by atoms with Crippen molar-refractivity contribution in [2.24, 2.45) is 0 Å². The minimum atomic E-state index is -5.39. The van der Waals surface area contributed by atoms with E-state index in [0.29, 0.717) is 0 Å². The molecule has 0 aliphatic carbocycles. The van der Waals surface area contributed by atoms with E-state index in [1.807, 2.05) is 0 Å². The third-order valence-corrected chi connectivity index (χ3v) is 1.81. The zero-order chi connectivity index (χ0) is 12.0. The van der Waals surface area contributed by atoms with Crippen LogP contribution in [0.15, 0.2) is 0 Å². The van der Waals surface area contributed by atoms with Crippen LogP contribution in [0, 0.1) is 0 Å². The molecule has 1 atom stereocenters. The Kier molecular flexibility index (Phi) is 11.9. The van der Waals surface area contributed by atoms with Crippen LogP contribution in [0.2, 0.25) is 0 Å². The van der Waals surface area contributed by atoms with Crippen LogP contribution in [0.3, 0.4) is 0 Å². The Morgan fingerprint density at radius 1 is 1.27 bits per heavy atom. The van der Waals surface area contributed by atoms with Crippen LogP contribution in [0.4, 0.5) is 4.79 Å². The van der Waals surface area contributed by atoms with E-state index >= 15 is 0 Å². The predicted molar refractivity (Wildman–Crippen MR) is 34.9 cm³/mol. The molecule has 0 aromatic rings. The molecule has 15 heavy (non-hydrogen) atoms. The molecule has 0 aromatic carbocycles. The molecule has 0 bridgehead atoms. The number of carboxylic acid groups (broad SMARTS) is 1. The molecule has 0 saturated carbocycles. The molecule has 0 saturated heterocycles. The number of hydrogen-bond donors (Lipinski definition) is 1. The summed E-state index contributed by atoms with van der Waals surface area (Å²) < 4.78 is 22.3. The van der Waals surface area contributed by atoms with Crippen molar-refractivity contribution < 1.29 is 69.3 Å². The van der Waals surface area contributed by atoms with E-state index in [0.717, 1.165) is 0 Å². The Morgan fingerprint density at radius 2 is 1.53 bits per heavy atom. The van der Waals surface area contributed by atoms with Crippen LogP contribution in [0.25, 0.3) is 0 Å². The van der Waals surface area contributed by atoms with Crippen LogP contribution in [-0.2, 0) is 39.9 Å². The molecule has 0 aliphatic heterocycles. The molecule has 0 rings (SSSR count). The van der Waals surface area contributed by atoms with Gasteiger partial charge in [-0.1, -0.05) is 6.92 Å². The Balaban J connectivity index is -0.000000208. The van der Waals surface area contributed by atoms with Gasteiger partial charge in [-0.25, -0.2) is 4.79 Å². The molecule has 0 aromatic heterocycles. The molecule has 0 radical (unpaired) electrons. The average molecular weight is 339 g/mol. The van der Waals surface area contributed by atoms with Gasteiger partial charge >= 0.3 is 32.4 Å². The first-order chi connectivity index (χ1) is 5.98. The van der Waals surface area contributed by atoms with Gasteiger partial charge in [0.25, 0.3) is 0 Å². The number of carbonyl (C=O) groups is 1. The van der Waals surface area contributed by atoms with Gasteiger partial charge in [-0.15, -0.1) is 0 Å². The van der Waals surface area contributed by atoms with Gasteiger partial charge in [-0.2, -0.15) is 7.82 Å². The third-order valence-electron chi connectivity index (χ3n) is 0.604. The largest absolute Gasteiger partial charge is 4.00 e. The molecule has 1 N–H and O–H groups in total. The second-order valence-corrected chi connectivity index (χ2v) is 4.66. The van der Waals surface area contributed by atoms with Crippen molar-refractivity contribution in [3.63, 3.8) is 0 Å². The molecular formula is C3H6O9P2Zr. The number of rotatable bonds is 2. The van der Waals surface area contributed by atoms with E-state index in [-0.39, 0.29) is 32.4 Å². The standard InChI is InChI=1S/C3H7O5P.H3O4P.Zr/c1-2-9(6,7)8-3(4)5;1-5(2,3)4;/h2H2,1H3,(H,4,5)(H,6,7);(H3,1,2,3,4);/q;;+4/p-4. The first-order valence-corrected chi connectivity index (χ1v) is 6.12. The molecule has 0 spiro atoms. The summed E-state index contributed by atoms with van der Waals surface area (Å²) in [6, 6.07) is 0. The van der Waals surface area contributed by atoms with Crippen LogP contribution in [0.1, 0.15) is 6.92 Å². The second-order valence-electron chi connectivity index (χ2n) is 1.73. The van der Waals surface area contributed by atoms with E-state index in [1.165, 1.54) is 6.92 Å². The Hall–Kier alpha value is 0.453. The molecular weight excluding hydrogens is 333 g/mol. The van der Waals surface area contributed by atoms with Crippen molar-refractivity contribution in [1.82, 2.24) is 0 Å². The van der Waals surface area contributed by atoms with Gasteiger partial charge in [0.1, 0.15) is 0 Å². The third kappa shape index (κ3) is 31.4. The molecule has 0 fully saturated rings. The predicted octanol–water partition coefficient (Wildman–Crippen LogP) is -2.57. The normalized spacial score (nSPS) is 13.7. The molecule has 12 heteroatoms. The van der Waals surface area contributed by atoms with Gasteiger partial charge in [0, 0.05) is 6.16 Å². The van der Waals surface area contributed by atoms with Crippen molar-refractivity contribution >= 4 is 21.6 Å². The first-order valence-electron chi connectivity index (χ1n) is 2.93. The maximum atomic E-state index is 10.2. The minimum Gasteiger partial charge on any atom is -0.822 e. The molecule has 86 valence electrons. The summed E-state index contributed by atoms with van der Waals surface area (Å²) in [5, 5.41) is 7.79. The van der Waals surface area contributed by atoms with E-state index in [2.05, 4.69) is 4.52 Å². The molecule has 1 unspecified atom stereocenters. The summed E-state index contributed by atoms with van der Waals surface area (Å²) in [6.45, 7) is 1.30. The molecule has 9 nitrogen and oxygen atoms in total. The number of hydrogen-bond acceptors (Lipinski definition) is 8. The SMILES string of the molecule is CCP(=O)([O-])OC(=O)O.O=P([O-])([O-])[O-].[Zr+4]. The van der Waals surface area contributed by atoms with Crippen molar-refractivity contribution in [1.29, 1.82) is 0 Å². The van der Waals surface area contributed by atoms with Crippen molar-refractivity contribution in [2.75, 3.05) is 6.16 Å². The summed E-state index contributed by atoms with van der Waals surface area (Å²) in [7, 11) is -9.47. The average Bonchev–Trinajstić information content (AvgIpc) is 1.80. The zero-order valence-electron chi connectivity index (χ0n) is 7.31. The van der Waals surface area contributed by atoms with E-state index in [9.17, 15) is 14.3 Å². The second kappa shape index (κ2) is 8.59. The first kappa shape index (κ1) is 20.8. The fourth-order valence-electron chi connectivity index (χ4n) is 0.184. The summed E-state index contributed by atoms with van der Waals surface area (Å²) in [5.74, 6) is 0. The van der Waals surface area contributed by atoms with Crippen LogP contribution in [-0.4, -0.2) is 17.4 Å². The molecule has 0 heterocycles. The van der Waals surface area contributed by atoms with Gasteiger partial charge < -0.3 is 33.8 Å². The minimum absolute atomic E-state index is 0. The maximum absolute atomic E-state index is 10.2. The Labute approximate surface area is 104 Å². The fourth-order valence-corrected chi connectivity index (χ4v) is 0.551. The van der Waals surface area contributed by atoms with E-state index in [4.69, 9.17) is 24.4 Å². The fraction of sp³-hybridized carbons (Fsp3) is 0.667.